The molecule has 0 saturated carbocycles. The fraction of sp³-hybridized carbons (Fsp3) is 0.417. The first-order chi connectivity index (χ1) is 8.19. The average Bonchev–Trinajstić information content (AvgIpc) is 2.34. The van der Waals surface area contributed by atoms with Crippen LogP contribution in [0, 0.1) is 0 Å². The van der Waals surface area contributed by atoms with Gasteiger partial charge in [-0.15, -0.1) is 0 Å². The molecular weight excluding hydrogens is 256 g/mol. The van der Waals surface area contributed by atoms with Crippen LogP contribution in [-0.4, -0.2) is 18.8 Å². The molecule has 0 aliphatic carbocycles. The number of hydrogen-bond donors (Lipinski definition) is 2. The lowest BCUT2D eigenvalue weighted by Gasteiger charge is -2.13. The zero-order valence-corrected chi connectivity index (χ0v) is 11.6. The van der Waals surface area contributed by atoms with Crippen molar-refractivity contribution < 1.29 is 4.74 Å². The predicted octanol–water partition coefficient (Wildman–Crippen LogP) is 2.72. The van der Waals surface area contributed by atoms with Crippen LogP contribution in [0.5, 0.6) is 5.75 Å². The van der Waals surface area contributed by atoms with Gasteiger partial charge in [0.05, 0.1) is 7.11 Å². The van der Waals surface area contributed by atoms with Crippen molar-refractivity contribution in [2.75, 3.05) is 13.7 Å². The maximum atomic E-state index is 6.11. The van der Waals surface area contributed by atoms with Crippen LogP contribution in [0.4, 0.5) is 0 Å². The lowest BCUT2D eigenvalue weighted by atomic mass is 10.2. The third kappa shape index (κ3) is 4.40. The van der Waals surface area contributed by atoms with Gasteiger partial charge in [0.1, 0.15) is 5.75 Å². The van der Waals surface area contributed by atoms with Crippen molar-refractivity contribution in [3.8, 4) is 5.75 Å². The summed E-state index contributed by atoms with van der Waals surface area (Å²) in [5.41, 5.74) is 0.914. The van der Waals surface area contributed by atoms with E-state index < -0.39 is 0 Å². The van der Waals surface area contributed by atoms with Crippen LogP contribution in [0.3, 0.4) is 0 Å². The average molecular weight is 273 g/mol. The molecule has 0 radical (unpaired) electrons. The van der Waals surface area contributed by atoms with Gasteiger partial charge in [0, 0.05) is 23.7 Å². The van der Waals surface area contributed by atoms with Crippen molar-refractivity contribution in [1.82, 2.24) is 10.6 Å². The summed E-state index contributed by atoms with van der Waals surface area (Å²) in [4.78, 5) is 0. The molecule has 5 heteroatoms. The van der Waals surface area contributed by atoms with Gasteiger partial charge < -0.3 is 15.4 Å². The lowest BCUT2D eigenvalue weighted by molar-refractivity contribution is 0.409. The summed E-state index contributed by atoms with van der Waals surface area (Å²) >= 11 is 11.2. The number of ether oxygens (including phenoxy) is 1. The molecule has 0 amide bonds. The Morgan fingerprint density at radius 1 is 1.41 bits per heavy atom. The molecule has 0 aliphatic rings. The van der Waals surface area contributed by atoms with E-state index in [1.807, 2.05) is 18.2 Å². The predicted molar refractivity (Wildman–Crippen MR) is 75.7 cm³/mol. The third-order valence-electron chi connectivity index (χ3n) is 2.26. The molecule has 0 atom stereocenters. The second kappa shape index (κ2) is 7.35. The van der Waals surface area contributed by atoms with E-state index in [0.29, 0.717) is 16.7 Å². The minimum absolute atomic E-state index is 0.554. The smallest absolute Gasteiger partial charge is 0.166 e. The summed E-state index contributed by atoms with van der Waals surface area (Å²) < 4.78 is 5.25. The van der Waals surface area contributed by atoms with Crippen LogP contribution in [0.15, 0.2) is 18.2 Å². The molecule has 0 spiro atoms. The Hall–Kier alpha value is -1.00. The van der Waals surface area contributed by atoms with Crippen LogP contribution >= 0.6 is 23.8 Å². The van der Waals surface area contributed by atoms with Crippen molar-refractivity contribution in [2.45, 2.75) is 19.9 Å². The second-order valence-electron chi connectivity index (χ2n) is 3.53. The van der Waals surface area contributed by atoms with Gasteiger partial charge in [-0.1, -0.05) is 24.6 Å². The first-order valence-corrected chi connectivity index (χ1v) is 6.30. The van der Waals surface area contributed by atoms with Gasteiger partial charge in [-0.3, -0.25) is 0 Å². The largest absolute Gasteiger partial charge is 0.496 e. The molecule has 2 N–H and O–H groups in total. The van der Waals surface area contributed by atoms with Gasteiger partial charge in [-0.05, 0) is 30.8 Å². The number of methoxy groups -OCH3 is 1. The van der Waals surface area contributed by atoms with Crippen LogP contribution in [0.25, 0.3) is 0 Å². The molecule has 0 fully saturated rings. The topological polar surface area (TPSA) is 33.3 Å². The highest BCUT2D eigenvalue weighted by molar-refractivity contribution is 7.80. The number of thiocarbonyl (C=S) groups is 1. The molecule has 0 heterocycles. The van der Waals surface area contributed by atoms with Crippen LogP contribution in [0.2, 0.25) is 5.02 Å². The van der Waals surface area contributed by atoms with E-state index in [0.717, 1.165) is 24.3 Å². The maximum Gasteiger partial charge on any atom is 0.166 e. The molecule has 0 aliphatic heterocycles. The first kappa shape index (κ1) is 14.1. The molecule has 1 aromatic carbocycles. The zero-order chi connectivity index (χ0) is 12.7. The van der Waals surface area contributed by atoms with Gasteiger partial charge in [0.25, 0.3) is 0 Å². The van der Waals surface area contributed by atoms with E-state index >= 15 is 0 Å². The van der Waals surface area contributed by atoms with E-state index in [9.17, 15) is 0 Å². The van der Waals surface area contributed by atoms with Gasteiger partial charge in [0.2, 0.25) is 0 Å². The van der Waals surface area contributed by atoms with E-state index in [4.69, 9.17) is 28.6 Å². The fourth-order valence-corrected chi connectivity index (χ4v) is 1.78. The number of hydrogen-bond acceptors (Lipinski definition) is 2. The monoisotopic (exact) mass is 272 g/mol. The molecule has 3 nitrogen and oxygen atoms in total. The van der Waals surface area contributed by atoms with E-state index in [1.165, 1.54) is 0 Å². The highest BCUT2D eigenvalue weighted by Gasteiger charge is 2.07. The zero-order valence-electron chi connectivity index (χ0n) is 10.0. The summed E-state index contributed by atoms with van der Waals surface area (Å²) in [5, 5.41) is 7.51. The fourth-order valence-electron chi connectivity index (χ4n) is 1.37. The SMILES string of the molecule is CCCNC(=S)NCc1c(Cl)cccc1OC. The van der Waals surface area contributed by atoms with Crippen molar-refractivity contribution in [1.29, 1.82) is 0 Å². The Kier molecular flexibility index (Phi) is 6.08. The summed E-state index contributed by atoms with van der Waals surface area (Å²) in [6.45, 7) is 3.51. The van der Waals surface area contributed by atoms with Gasteiger partial charge >= 0.3 is 0 Å². The number of benzene rings is 1. The Morgan fingerprint density at radius 3 is 2.82 bits per heavy atom. The standard InChI is InChI=1S/C12H17ClN2OS/c1-3-7-14-12(17)15-8-9-10(13)5-4-6-11(9)16-2/h4-6H,3,7-8H2,1-2H3,(H2,14,15,17). The molecular formula is C12H17ClN2OS. The van der Waals surface area contributed by atoms with Gasteiger partial charge in [0.15, 0.2) is 5.11 Å². The number of halogens is 1. The summed E-state index contributed by atoms with van der Waals surface area (Å²) in [6, 6.07) is 5.58. The van der Waals surface area contributed by atoms with Crippen molar-refractivity contribution in [3.05, 3.63) is 28.8 Å². The first-order valence-electron chi connectivity index (χ1n) is 5.52. The summed E-state index contributed by atoms with van der Waals surface area (Å²) in [5.74, 6) is 0.767. The van der Waals surface area contributed by atoms with E-state index in [1.54, 1.807) is 7.11 Å². The van der Waals surface area contributed by atoms with Gasteiger partial charge in [-0.2, -0.15) is 0 Å². The third-order valence-corrected chi connectivity index (χ3v) is 2.90. The molecule has 0 unspecified atom stereocenters. The Bertz CT molecular complexity index is 385. The normalized spacial score (nSPS) is 9.82. The summed E-state index contributed by atoms with van der Waals surface area (Å²) in [6.07, 6.45) is 1.04. The quantitative estimate of drug-likeness (QED) is 0.808. The molecule has 17 heavy (non-hydrogen) atoms. The number of nitrogens with one attached hydrogen (secondary N) is 2. The lowest BCUT2D eigenvalue weighted by Crippen LogP contribution is -2.35. The van der Waals surface area contributed by atoms with E-state index in [2.05, 4.69) is 17.6 Å². The highest BCUT2D eigenvalue weighted by atomic mass is 35.5. The summed E-state index contributed by atoms with van der Waals surface area (Å²) in [7, 11) is 1.63. The second-order valence-corrected chi connectivity index (χ2v) is 4.35. The van der Waals surface area contributed by atoms with Crippen molar-refractivity contribution in [2.24, 2.45) is 0 Å². The minimum atomic E-state index is 0.554. The Labute approximate surface area is 112 Å². The number of rotatable bonds is 5. The van der Waals surface area contributed by atoms with E-state index in [-0.39, 0.29) is 0 Å². The molecule has 1 rings (SSSR count). The molecule has 94 valence electrons. The maximum absolute atomic E-state index is 6.11. The molecule has 0 saturated heterocycles. The van der Waals surface area contributed by atoms with Crippen molar-refractivity contribution >= 4 is 28.9 Å². The Morgan fingerprint density at radius 2 is 2.18 bits per heavy atom. The molecule has 1 aromatic rings. The minimum Gasteiger partial charge on any atom is -0.496 e. The Balaban J connectivity index is 2.59. The van der Waals surface area contributed by atoms with Crippen LogP contribution in [-0.2, 0) is 6.54 Å². The molecule has 0 aromatic heterocycles. The van der Waals surface area contributed by atoms with Crippen LogP contribution in [0.1, 0.15) is 18.9 Å². The highest BCUT2D eigenvalue weighted by Crippen LogP contribution is 2.25. The van der Waals surface area contributed by atoms with Crippen LogP contribution < -0.4 is 15.4 Å². The van der Waals surface area contributed by atoms with Crippen molar-refractivity contribution in [3.63, 3.8) is 0 Å². The van der Waals surface area contributed by atoms with Gasteiger partial charge in [-0.25, -0.2) is 0 Å². The molecule has 0 bridgehead atoms.